The van der Waals surface area contributed by atoms with E-state index in [1.165, 1.54) is 16.5 Å². The molecular formula is C21H23NO3. The molecule has 1 fully saturated rings. The number of ether oxygens (including phenoxy) is 3. The molecule has 1 aliphatic rings. The van der Waals surface area contributed by atoms with E-state index in [1.807, 2.05) is 12.1 Å². The predicted molar refractivity (Wildman–Crippen MR) is 98.3 cm³/mol. The summed E-state index contributed by atoms with van der Waals surface area (Å²) >= 11 is 0. The van der Waals surface area contributed by atoms with Crippen molar-refractivity contribution < 1.29 is 14.2 Å². The number of aromatic nitrogens is 1. The number of hydrogen-bond acceptors (Lipinski definition) is 3. The van der Waals surface area contributed by atoms with E-state index in [0.717, 1.165) is 17.7 Å². The molecule has 4 heteroatoms. The van der Waals surface area contributed by atoms with Gasteiger partial charge in [0.2, 0.25) is 0 Å². The van der Waals surface area contributed by atoms with Crippen LogP contribution in [0.4, 0.5) is 0 Å². The maximum Gasteiger partial charge on any atom is 0.118 e. The minimum atomic E-state index is 0.120. The monoisotopic (exact) mass is 337 g/mol. The van der Waals surface area contributed by atoms with Crippen LogP contribution in [-0.4, -0.2) is 38.0 Å². The van der Waals surface area contributed by atoms with Crippen molar-refractivity contribution in [1.82, 2.24) is 4.98 Å². The largest absolute Gasteiger partial charge is 0.497 e. The van der Waals surface area contributed by atoms with E-state index in [2.05, 4.69) is 47.6 Å². The van der Waals surface area contributed by atoms with Gasteiger partial charge in [0.25, 0.3) is 0 Å². The van der Waals surface area contributed by atoms with Gasteiger partial charge in [-0.3, -0.25) is 0 Å². The smallest absolute Gasteiger partial charge is 0.118 e. The normalized spacial score (nSPS) is 19.0. The average molecular weight is 337 g/mol. The molecule has 0 bridgehead atoms. The minimum absolute atomic E-state index is 0.120. The molecule has 1 saturated heterocycles. The van der Waals surface area contributed by atoms with Gasteiger partial charge in [-0.15, -0.1) is 0 Å². The molecule has 0 radical (unpaired) electrons. The molecule has 3 aromatic rings. The fourth-order valence-corrected chi connectivity index (χ4v) is 3.60. The third kappa shape index (κ3) is 3.41. The van der Waals surface area contributed by atoms with Crippen LogP contribution in [0.3, 0.4) is 0 Å². The number of methoxy groups -OCH3 is 1. The van der Waals surface area contributed by atoms with E-state index in [1.54, 1.807) is 7.11 Å². The quantitative estimate of drug-likeness (QED) is 0.762. The summed E-state index contributed by atoms with van der Waals surface area (Å²) in [6.07, 6.45) is 3.15. The van der Waals surface area contributed by atoms with Gasteiger partial charge in [0.05, 0.1) is 33.0 Å². The van der Waals surface area contributed by atoms with Crippen molar-refractivity contribution in [3.05, 3.63) is 65.9 Å². The van der Waals surface area contributed by atoms with Crippen LogP contribution in [0.5, 0.6) is 5.75 Å². The molecule has 0 amide bonds. The van der Waals surface area contributed by atoms with Gasteiger partial charge in [-0.05, 0) is 35.7 Å². The molecule has 4 nitrogen and oxygen atoms in total. The highest BCUT2D eigenvalue weighted by Crippen LogP contribution is 2.35. The number of para-hydroxylation sites is 1. The van der Waals surface area contributed by atoms with E-state index in [-0.39, 0.29) is 12.0 Å². The summed E-state index contributed by atoms with van der Waals surface area (Å²) in [4.78, 5) is 3.40. The lowest BCUT2D eigenvalue weighted by atomic mass is 9.86. The molecule has 1 aliphatic heterocycles. The van der Waals surface area contributed by atoms with Gasteiger partial charge in [-0.1, -0.05) is 30.3 Å². The number of hydrogen-bond donors (Lipinski definition) is 1. The topological polar surface area (TPSA) is 43.5 Å². The third-order valence-corrected chi connectivity index (χ3v) is 4.90. The number of H-pyrrole nitrogens is 1. The van der Waals surface area contributed by atoms with Crippen LogP contribution < -0.4 is 4.74 Å². The lowest BCUT2D eigenvalue weighted by Crippen LogP contribution is -2.30. The Kier molecular flexibility index (Phi) is 4.72. The fourth-order valence-electron chi connectivity index (χ4n) is 3.60. The molecule has 2 heterocycles. The second-order valence-electron chi connectivity index (χ2n) is 6.42. The summed E-state index contributed by atoms with van der Waals surface area (Å²) in [6, 6.07) is 16.8. The van der Waals surface area contributed by atoms with Crippen LogP contribution in [0.1, 0.15) is 23.5 Å². The molecule has 0 spiro atoms. The Hall–Kier alpha value is -2.30. The number of nitrogens with one attached hydrogen (secondary N) is 1. The summed E-state index contributed by atoms with van der Waals surface area (Å²) in [5.74, 6) is 1.12. The summed E-state index contributed by atoms with van der Waals surface area (Å²) in [6.45, 7) is 2.03. The van der Waals surface area contributed by atoms with Gasteiger partial charge >= 0.3 is 0 Å². The summed E-state index contributed by atoms with van der Waals surface area (Å²) in [5, 5.41) is 1.26. The zero-order valence-corrected chi connectivity index (χ0v) is 14.4. The first-order chi connectivity index (χ1) is 12.3. The molecule has 0 aliphatic carbocycles. The number of benzene rings is 2. The Morgan fingerprint density at radius 2 is 1.96 bits per heavy atom. The molecule has 1 aromatic heterocycles. The zero-order chi connectivity index (χ0) is 17.1. The van der Waals surface area contributed by atoms with Crippen LogP contribution in [0.15, 0.2) is 54.7 Å². The lowest BCUT2D eigenvalue weighted by molar-refractivity contribution is -0.0917. The maximum absolute atomic E-state index is 5.93. The summed E-state index contributed by atoms with van der Waals surface area (Å²) in [5.41, 5.74) is 3.73. The van der Waals surface area contributed by atoms with Crippen molar-refractivity contribution in [2.24, 2.45) is 0 Å². The second kappa shape index (κ2) is 7.30. The van der Waals surface area contributed by atoms with Crippen LogP contribution >= 0.6 is 0 Å². The average Bonchev–Trinajstić information content (AvgIpc) is 3.11. The highest BCUT2D eigenvalue weighted by molar-refractivity contribution is 5.84. The van der Waals surface area contributed by atoms with Crippen LogP contribution in [0.25, 0.3) is 10.9 Å². The van der Waals surface area contributed by atoms with Crippen molar-refractivity contribution in [2.45, 2.75) is 18.4 Å². The number of fused-ring (bicyclic) bond motifs is 1. The van der Waals surface area contributed by atoms with Crippen LogP contribution in [0.2, 0.25) is 0 Å². The van der Waals surface area contributed by atoms with Crippen molar-refractivity contribution >= 4 is 10.9 Å². The van der Waals surface area contributed by atoms with Gasteiger partial charge in [-0.25, -0.2) is 0 Å². The van der Waals surface area contributed by atoms with Crippen molar-refractivity contribution in [1.29, 1.82) is 0 Å². The molecule has 130 valence electrons. The zero-order valence-electron chi connectivity index (χ0n) is 14.4. The summed E-state index contributed by atoms with van der Waals surface area (Å²) < 4.78 is 16.8. The Morgan fingerprint density at radius 3 is 2.72 bits per heavy atom. The van der Waals surface area contributed by atoms with E-state index >= 15 is 0 Å². The Balaban J connectivity index is 1.71. The van der Waals surface area contributed by atoms with E-state index in [0.29, 0.717) is 19.8 Å². The number of rotatable bonds is 5. The second-order valence-corrected chi connectivity index (χ2v) is 6.42. The highest BCUT2D eigenvalue weighted by atomic mass is 16.6. The van der Waals surface area contributed by atoms with Crippen molar-refractivity contribution in [3.8, 4) is 5.75 Å². The first-order valence-electron chi connectivity index (χ1n) is 8.74. The summed E-state index contributed by atoms with van der Waals surface area (Å²) in [7, 11) is 1.69. The van der Waals surface area contributed by atoms with Crippen LogP contribution in [0, 0.1) is 0 Å². The van der Waals surface area contributed by atoms with Gasteiger partial charge < -0.3 is 19.2 Å². The Morgan fingerprint density at radius 1 is 1.12 bits per heavy atom. The van der Waals surface area contributed by atoms with E-state index in [9.17, 15) is 0 Å². The molecule has 0 saturated carbocycles. The standard InChI is InChI=1S/C21H23NO3/c1-23-16-8-6-15(7-9-16)19(12-17-14-24-10-11-25-17)20-13-22-21-5-3-2-4-18(20)21/h2-9,13,17,19,22H,10-12,14H2,1H3. The fraction of sp³-hybridized carbons (Fsp3) is 0.333. The van der Waals surface area contributed by atoms with Gasteiger partial charge in [0, 0.05) is 23.0 Å². The molecule has 2 unspecified atom stereocenters. The molecule has 4 rings (SSSR count). The maximum atomic E-state index is 5.93. The van der Waals surface area contributed by atoms with Crippen LogP contribution in [-0.2, 0) is 9.47 Å². The third-order valence-electron chi connectivity index (χ3n) is 4.90. The van der Waals surface area contributed by atoms with Crippen molar-refractivity contribution in [3.63, 3.8) is 0 Å². The van der Waals surface area contributed by atoms with Gasteiger partial charge in [0.15, 0.2) is 0 Å². The highest BCUT2D eigenvalue weighted by Gasteiger charge is 2.24. The molecular weight excluding hydrogens is 314 g/mol. The van der Waals surface area contributed by atoms with Gasteiger partial charge in [-0.2, -0.15) is 0 Å². The van der Waals surface area contributed by atoms with Crippen molar-refractivity contribution in [2.75, 3.05) is 26.9 Å². The lowest BCUT2D eigenvalue weighted by Gasteiger charge is -2.27. The molecule has 2 atom stereocenters. The SMILES string of the molecule is COc1ccc(C(CC2COCCO2)c2c[nH]c3ccccc23)cc1. The molecule has 1 N–H and O–H groups in total. The Labute approximate surface area is 147 Å². The van der Waals surface area contributed by atoms with Gasteiger partial charge in [0.1, 0.15) is 5.75 Å². The van der Waals surface area contributed by atoms with E-state index < -0.39 is 0 Å². The predicted octanol–water partition coefficient (Wildman–Crippen LogP) is 4.11. The molecule has 25 heavy (non-hydrogen) atoms. The first-order valence-corrected chi connectivity index (χ1v) is 8.74. The Bertz CT molecular complexity index is 819. The minimum Gasteiger partial charge on any atom is -0.497 e. The first kappa shape index (κ1) is 16.2. The van der Waals surface area contributed by atoms with E-state index in [4.69, 9.17) is 14.2 Å². The number of aromatic amines is 1. The molecule has 2 aromatic carbocycles.